The maximum Gasteiger partial charge on any atom is 1.00 e. The van der Waals surface area contributed by atoms with Crippen LogP contribution in [-0.2, 0) is 18.0 Å². The minimum Gasteiger partial charge on any atom is -0.542 e. The molecule has 0 aliphatic carbocycles. The Morgan fingerprint density at radius 3 is 2.55 bits per heavy atom. The molecule has 0 aliphatic rings. The summed E-state index contributed by atoms with van der Waals surface area (Å²) in [6.07, 6.45) is 5.20. The predicted octanol–water partition coefficient (Wildman–Crippen LogP) is -0.525. The zero-order valence-corrected chi connectivity index (χ0v) is 18.5. The summed E-state index contributed by atoms with van der Waals surface area (Å²) < 4.78 is 8.94. The van der Waals surface area contributed by atoms with Gasteiger partial charge in [-0.25, -0.2) is 4.98 Å². The van der Waals surface area contributed by atoms with Crippen LogP contribution in [-0.4, -0.2) is 40.0 Å². The number of carboxylic acids is 1. The standard InChI is InChI=1S/C20H26N4O3Si.Li/c1-28(2,3)10-9-27-15-23-14-18(22-19(23)20(25)26)17-11-21-24(13-17)12-16-7-5-4-6-8-16;/h4-8,11,13-14H,9-10,12,15H2,1-3H3,(H,25,26);/q;+1/p-1. The zero-order chi connectivity index (χ0) is 20.1. The molecule has 7 nitrogen and oxygen atoms in total. The van der Waals surface area contributed by atoms with Crippen molar-refractivity contribution < 1.29 is 33.5 Å². The van der Waals surface area contributed by atoms with Gasteiger partial charge in [-0.1, -0.05) is 50.0 Å². The van der Waals surface area contributed by atoms with Gasteiger partial charge < -0.3 is 19.2 Å². The summed E-state index contributed by atoms with van der Waals surface area (Å²) >= 11 is 0. The van der Waals surface area contributed by atoms with Crippen LogP contribution in [0.1, 0.15) is 16.2 Å². The van der Waals surface area contributed by atoms with E-state index in [4.69, 9.17) is 4.74 Å². The van der Waals surface area contributed by atoms with Crippen molar-refractivity contribution in [1.29, 1.82) is 0 Å². The summed E-state index contributed by atoms with van der Waals surface area (Å²) in [6.45, 7) is 8.18. The molecular formula is C20H25LiN4O3Si. The molecule has 3 rings (SSSR count). The van der Waals surface area contributed by atoms with Gasteiger partial charge in [0.05, 0.1) is 18.4 Å². The molecule has 0 saturated carbocycles. The van der Waals surface area contributed by atoms with Crippen LogP contribution in [0.3, 0.4) is 0 Å². The van der Waals surface area contributed by atoms with Gasteiger partial charge in [0, 0.05) is 32.6 Å². The number of carboxylic acid groups (broad SMARTS) is 1. The summed E-state index contributed by atoms with van der Waals surface area (Å²) in [5.74, 6) is -1.46. The fourth-order valence-corrected chi connectivity index (χ4v) is 3.47. The van der Waals surface area contributed by atoms with Crippen molar-refractivity contribution in [1.82, 2.24) is 19.3 Å². The molecule has 2 aromatic heterocycles. The van der Waals surface area contributed by atoms with Gasteiger partial charge in [0.2, 0.25) is 0 Å². The van der Waals surface area contributed by atoms with Crippen molar-refractivity contribution in [2.75, 3.05) is 6.61 Å². The van der Waals surface area contributed by atoms with Gasteiger partial charge in [-0.05, 0) is 11.6 Å². The largest absolute Gasteiger partial charge is 1.00 e. The Bertz CT molecular complexity index is 935. The molecule has 9 heteroatoms. The second-order valence-electron chi connectivity index (χ2n) is 7.97. The first-order valence-corrected chi connectivity index (χ1v) is 13.0. The van der Waals surface area contributed by atoms with Crippen LogP contribution >= 0.6 is 0 Å². The quantitative estimate of drug-likeness (QED) is 0.354. The smallest absolute Gasteiger partial charge is 0.542 e. The van der Waals surface area contributed by atoms with Crippen molar-refractivity contribution in [3.05, 3.63) is 60.3 Å². The third-order valence-corrected chi connectivity index (χ3v) is 6.01. The molecule has 3 aromatic rings. The van der Waals surface area contributed by atoms with E-state index in [0.29, 0.717) is 18.8 Å². The molecule has 0 aliphatic heterocycles. The topological polar surface area (TPSA) is 85.0 Å². The van der Waals surface area contributed by atoms with Gasteiger partial charge in [-0.3, -0.25) is 4.68 Å². The number of ether oxygens (including phenoxy) is 1. The number of aromatic carboxylic acids is 1. The molecule has 0 amide bonds. The van der Waals surface area contributed by atoms with Crippen LogP contribution in [0.4, 0.5) is 0 Å². The van der Waals surface area contributed by atoms with E-state index in [1.807, 2.05) is 36.5 Å². The fraction of sp³-hybridized carbons (Fsp3) is 0.350. The van der Waals surface area contributed by atoms with Crippen LogP contribution in [0.5, 0.6) is 0 Å². The summed E-state index contributed by atoms with van der Waals surface area (Å²) in [5.41, 5.74) is 2.42. The average Bonchev–Trinajstić information content (AvgIpc) is 3.26. The van der Waals surface area contributed by atoms with Gasteiger partial charge in [-0.2, -0.15) is 5.10 Å². The Balaban J connectivity index is 0.00000300. The molecule has 148 valence electrons. The van der Waals surface area contributed by atoms with Crippen LogP contribution in [0.15, 0.2) is 48.9 Å². The van der Waals surface area contributed by atoms with E-state index in [1.165, 1.54) is 4.57 Å². The van der Waals surface area contributed by atoms with Crippen molar-refractivity contribution >= 4 is 14.0 Å². The number of hydrogen-bond donors (Lipinski definition) is 0. The van der Waals surface area contributed by atoms with Gasteiger partial charge in [0.1, 0.15) is 12.7 Å². The van der Waals surface area contributed by atoms with Crippen molar-refractivity contribution in [2.24, 2.45) is 0 Å². The molecule has 0 bridgehead atoms. The number of rotatable bonds is 9. The number of carbonyl (C=O) groups is 1. The van der Waals surface area contributed by atoms with Crippen LogP contribution in [0.25, 0.3) is 11.3 Å². The van der Waals surface area contributed by atoms with Crippen molar-refractivity contribution in [3.63, 3.8) is 0 Å². The second kappa shape index (κ2) is 10.1. The van der Waals surface area contributed by atoms with Crippen LogP contribution < -0.4 is 24.0 Å². The van der Waals surface area contributed by atoms with E-state index in [-0.39, 0.29) is 31.4 Å². The SMILES string of the molecule is C[Si](C)(C)CCOCn1cc(-c2cnn(Cc3ccccc3)c2)nc1C(=O)[O-].[Li+]. The predicted molar refractivity (Wildman–Crippen MR) is 107 cm³/mol. The molecule has 0 unspecified atom stereocenters. The van der Waals surface area contributed by atoms with E-state index >= 15 is 0 Å². The summed E-state index contributed by atoms with van der Waals surface area (Å²) in [7, 11) is -1.20. The molecule has 0 spiro atoms. The maximum atomic E-state index is 11.4. The first-order valence-electron chi connectivity index (χ1n) is 9.25. The van der Waals surface area contributed by atoms with Crippen molar-refractivity contribution in [2.45, 2.75) is 39.0 Å². The Morgan fingerprint density at radius 2 is 1.90 bits per heavy atom. The summed E-state index contributed by atoms with van der Waals surface area (Å²) in [6, 6.07) is 11.0. The Hall–Kier alpha value is -2.12. The van der Waals surface area contributed by atoms with Gasteiger partial charge in [0.25, 0.3) is 0 Å². The van der Waals surface area contributed by atoms with Gasteiger partial charge in [-0.15, -0.1) is 0 Å². The minimum atomic E-state index is -1.32. The maximum absolute atomic E-state index is 11.4. The van der Waals surface area contributed by atoms with Gasteiger partial charge in [0.15, 0.2) is 5.82 Å². The molecule has 29 heavy (non-hydrogen) atoms. The average molecular weight is 404 g/mol. The molecule has 1 aromatic carbocycles. The third-order valence-electron chi connectivity index (χ3n) is 4.30. The minimum absolute atomic E-state index is 0. The number of hydrogen-bond acceptors (Lipinski definition) is 5. The second-order valence-corrected chi connectivity index (χ2v) is 13.6. The van der Waals surface area contributed by atoms with E-state index < -0.39 is 14.0 Å². The Morgan fingerprint density at radius 1 is 1.17 bits per heavy atom. The third kappa shape index (κ3) is 6.72. The molecule has 0 atom stereocenters. The first kappa shape index (κ1) is 23.2. The summed E-state index contributed by atoms with van der Waals surface area (Å²) in [5, 5.41) is 15.8. The van der Waals surface area contributed by atoms with Crippen LogP contribution in [0.2, 0.25) is 25.7 Å². The van der Waals surface area contributed by atoms with E-state index in [2.05, 4.69) is 29.7 Å². The Kier molecular flexibility index (Phi) is 8.05. The van der Waals surface area contributed by atoms with E-state index in [0.717, 1.165) is 17.2 Å². The van der Waals surface area contributed by atoms with E-state index in [9.17, 15) is 9.90 Å². The molecule has 0 fully saturated rings. The molecule has 0 saturated heterocycles. The summed E-state index contributed by atoms with van der Waals surface area (Å²) in [4.78, 5) is 15.6. The van der Waals surface area contributed by atoms with Crippen LogP contribution in [0, 0.1) is 0 Å². The molecular weight excluding hydrogens is 379 g/mol. The number of imidazole rings is 1. The zero-order valence-electron chi connectivity index (χ0n) is 17.5. The number of aromatic nitrogens is 4. The first-order chi connectivity index (χ1) is 13.3. The fourth-order valence-electron chi connectivity index (χ4n) is 2.71. The van der Waals surface area contributed by atoms with Gasteiger partial charge >= 0.3 is 18.9 Å². The monoisotopic (exact) mass is 404 g/mol. The normalized spacial score (nSPS) is 11.3. The Labute approximate surface area is 183 Å². The molecule has 0 N–H and O–H groups in total. The number of benzene rings is 1. The van der Waals surface area contributed by atoms with Crippen molar-refractivity contribution in [3.8, 4) is 11.3 Å². The molecule has 2 heterocycles. The number of carbonyl (C=O) groups excluding carboxylic acids is 1. The van der Waals surface area contributed by atoms with E-state index in [1.54, 1.807) is 17.1 Å². The molecule has 0 radical (unpaired) electrons. The number of nitrogens with zero attached hydrogens (tertiary/aromatic N) is 4.